The van der Waals surface area contributed by atoms with Gasteiger partial charge in [-0.3, -0.25) is 9.36 Å². The first kappa shape index (κ1) is 32.0. The standard InChI is InChI=1S/C29H24Cl2N4O5.C2H6/c1-38-21-8-4-18(5-9-21)15-34(16-19-6-10-22(39-2)11-7-19)27-25(29(37)40-3)28(36)35(17-33-27)26-23(30)12-20(14-32)13-24(26)31;1-2/h4-13,17H,15-16H2,1-3H3;1-2H3. The molecular formula is C31H30Cl2N4O5. The number of nitriles is 1. The van der Waals surface area contributed by atoms with Gasteiger partial charge in [0.15, 0.2) is 11.4 Å². The van der Waals surface area contributed by atoms with E-state index in [0.29, 0.717) is 24.6 Å². The summed E-state index contributed by atoms with van der Waals surface area (Å²) in [5.41, 5.74) is 1.04. The van der Waals surface area contributed by atoms with Gasteiger partial charge in [-0.2, -0.15) is 5.26 Å². The van der Waals surface area contributed by atoms with Gasteiger partial charge in [-0.25, -0.2) is 9.78 Å². The molecule has 1 aromatic heterocycles. The summed E-state index contributed by atoms with van der Waals surface area (Å²) in [5.74, 6) is 0.619. The summed E-state index contributed by atoms with van der Waals surface area (Å²) in [7, 11) is 4.35. The summed E-state index contributed by atoms with van der Waals surface area (Å²) in [5, 5.41) is 9.31. The molecule has 0 fully saturated rings. The van der Waals surface area contributed by atoms with Crippen LogP contribution in [-0.4, -0.2) is 36.8 Å². The van der Waals surface area contributed by atoms with Crippen LogP contribution in [-0.2, 0) is 17.8 Å². The van der Waals surface area contributed by atoms with Crippen molar-refractivity contribution in [3.05, 3.63) is 110 Å². The third kappa shape index (κ3) is 7.21. The average molecular weight is 610 g/mol. The number of halogens is 2. The van der Waals surface area contributed by atoms with Gasteiger partial charge in [0.25, 0.3) is 5.56 Å². The van der Waals surface area contributed by atoms with Crippen molar-refractivity contribution in [2.75, 3.05) is 26.2 Å². The molecule has 0 aliphatic rings. The lowest BCUT2D eigenvalue weighted by Crippen LogP contribution is -2.33. The zero-order valence-corrected chi connectivity index (χ0v) is 25.4. The summed E-state index contributed by atoms with van der Waals surface area (Å²) in [6, 6.07) is 19.5. The number of hydrogen-bond acceptors (Lipinski definition) is 8. The fourth-order valence-corrected chi connectivity index (χ4v) is 4.76. The SMILES string of the molecule is CC.COC(=O)c1c(N(Cc2ccc(OC)cc2)Cc2ccc(OC)cc2)ncn(-c2c(Cl)cc(C#N)cc2Cl)c1=O. The Kier molecular flexibility index (Phi) is 11.4. The number of benzene rings is 3. The van der Waals surface area contributed by atoms with Crippen LogP contribution in [0.25, 0.3) is 5.69 Å². The Morgan fingerprint density at radius 2 is 1.38 bits per heavy atom. The second kappa shape index (κ2) is 14.9. The maximum absolute atomic E-state index is 13.8. The van der Waals surface area contributed by atoms with Gasteiger partial charge in [0.05, 0.1) is 48.7 Å². The van der Waals surface area contributed by atoms with Gasteiger partial charge in [-0.15, -0.1) is 0 Å². The maximum atomic E-state index is 13.8. The van der Waals surface area contributed by atoms with Gasteiger partial charge in [0.2, 0.25) is 0 Å². The van der Waals surface area contributed by atoms with Crippen molar-refractivity contribution in [3.63, 3.8) is 0 Å². The minimum Gasteiger partial charge on any atom is -0.497 e. The van der Waals surface area contributed by atoms with E-state index in [2.05, 4.69) is 4.98 Å². The molecule has 0 saturated carbocycles. The molecule has 1 heterocycles. The number of anilines is 1. The number of carbonyl (C=O) groups is 1. The van der Waals surface area contributed by atoms with Crippen LogP contribution in [0.5, 0.6) is 11.5 Å². The first-order chi connectivity index (χ1) is 20.3. The molecule has 42 heavy (non-hydrogen) atoms. The van der Waals surface area contributed by atoms with Crippen LogP contribution in [0.2, 0.25) is 10.0 Å². The average Bonchev–Trinajstić information content (AvgIpc) is 3.02. The Morgan fingerprint density at radius 3 is 1.79 bits per heavy atom. The monoisotopic (exact) mass is 608 g/mol. The predicted octanol–water partition coefficient (Wildman–Crippen LogP) is 6.45. The van der Waals surface area contributed by atoms with Gasteiger partial charge in [0.1, 0.15) is 17.8 Å². The van der Waals surface area contributed by atoms with Crippen molar-refractivity contribution in [1.29, 1.82) is 5.26 Å². The Hall–Kier alpha value is -4.52. The van der Waals surface area contributed by atoms with Crippen LogP contribution in [0.4, 0.5) is 5.82 Å². The molecule has 0 amide bonds. The zero-order chi connectivity index (χ0) is 30.8. The third-order valence-corrected chi connectivity index (χ3v) is 6.67. The molecule has 9 nitrogen and oxygen atoms in total. The van der Waals surface area contributed by atoms with Crippen molar-refractivity contribution < 1.29 is 19.0 Å². The molecule has 11 heteroatoms. The minimum atomic E-state index is -0.878. The highest BCUT2D eigenvalue weighted by atomic mass is 35.5. The van der Waals surface area contributed by atoms with Gasteiger partial charge in [0, 0.05) is 13.1 Å². The molecule has 218 valence electrons. The van der Waals surface area contributed by atoms with Crippen LogP contribution in [0.3, 0.4) is 0 Å². The van der Waals surface area contributed by atoms with E-state index >= 15 is 0 Å². The predicted molar refractivity (Wildman–Crippen MR) is 163 cm³/mol. The highest BCUT2D eigenvalue weighted by Gasteiger charge is 2.26. The third-order valence-electron chi connectivity index (χ3n) is 6.09. The zero-order valence-electron chi connectivity index (χ0n) is 23.9. The van der Waals surface area contributed by atoms with Crippen LogP contribution >= 0.6 is 23.2 Å². The first-order valence-corrected chi connectivity index (χ1v) is 13.7. The molecule has 3 aromatic carbocycles. The van der Waals surface area contributed by atoms with Crippen molar-refractivity contribution in [1.82, 2.24) is 9.55 Å². The number of nitrogens with zero attached hydrogens (tertiary/aromatic N) is 4. The van der Waals surface area contributed by atoms with E-state index in [1.807, 2.05) is 68.4 Å². The van der Waals surface area contributed by atoms with Crippen molar-refractivity contribution >= 4 is 35.0 Å². The van der Waals surface area contributed by atoms with E-state index in [1.54, 1.807) is 19.1 Å². The number of carbonyl (C=O) groups excluding carboxylic acids is 1. The minimum absolute atomic E-state index is 0.0461. The Balaban J connectivity index is 0.00000237. The Bertz CT molecular complexity index is 1560. The Labute approximate surface area is 254 Å². The molecule has 0 unspecified atom stereocenters. The highest BCUT2D eigenvalue weighted by Crippen LogP contribution is 2.30. The Morgan fingerprint density at radius 1 is 0.905 bits per heavy atom. The fourth-order valence-electron chi connectivity index (χ4n) is 4.09. The fraction of sp³-hybridized carbons (Fsp3) is 0.226. The topological polar surface area (TPSA) is 107 Å². The largest absolute Gasteiger partial charge is 0.497 e. The summed E-state index contributed by atoms with van der Waals surface area (Å²) >= 11 is 12.8. The molecule has 0 aliphatic carbocycles. The van der Waals surface area contributed by atoms with E-state index in [1.165, 1.54) is 25.6 Å². The lowest BCUT2D eigenvalue weighted by atomic mass is 10.1. The molecular weight excluding hydrogens is 579 g/mol. The quantitative estimate of drug-likeness (QED) is 0.200. The number of ether oxygens (including phenoxy) is 3. The molecule has 0 spiro atoms. The summed E-state index contributed by atoms with van der Waals surface area (Å²) in [6.07, 6.45) is 1.25. The number of methoxy groups -OCH3 is 3. The van der Waals surface area contributed by atoms with Crippen LogP contribution in [0.1, 0.15) is 40.9 Å². The smallest absolute Gasteiger partial charge is 0.347 e. The highest BCUT2D eigenvalue weighted by molar-refractivity contribution is 6.38. The number of esters is 1. The molecule has 0 aliphatic heterocycles. The van der Waals surface area contributed by atoms with Crippen molar-refractivity contribution in [2.45, 2.75) is 26.9 Å². The molecule has 0 N–H and O–H groups in total. The van der Waals surface area contributed by atoms with Crippen LogP contribution in [0.15, 0.2) is 71.8 Å². The summed E-state index contributed by atoms with van der Waals surface area (Å²) in [6.45, 7) is 4.60. The van der Waals surface area contributed by atoms with Crippen LogP contribution < -0.4 is 19.9 Å². The maximum Gasteiger partial charge on any atom is 0.347 e. The number of aromatic nitrogens is 2. The second-order valence-electron chi connectivity index (χ2n) is 8.56. The molecule has 0 bridgehead atoms. The molecule has 4 aromatic rings. The molecule has 0 radical (unpaired) electrons. The number of rotatable bonds is 9. The van der Waals surface area contributed by atoms with Gasteiger partial charge in [-0.05, 0) is 47.5 Å². The van der Waals surface area contributed by atoms with E-state index in [-0.39, 0.29) is 32.7 Å². The van der Waals surface area contributed by atoms with Gasteiger partial charge in [-0.1, -0.05) is 61.3 Å². The lowest BCUT2D eigenvalue weighted by Gasteiger charge is -2.26. The molecule has 0 saturated heterocycles. The van der Waals surface area contributed by atoms with Crippen molar-refractivity contribution in [2.24, 2.45) is 0 Å². The van der Waals surface area contributed by atoms with Crippen LogP contribution in [0, 0.1) is 11.3 Å². The number of hydrogen-bond donors (Lipinski definition) is 0. The van der Waals surface area contributed by atoms with E-state index < -0.39 is 11.5 Å². The van der Waals surface area contributed by atoms with Crippen molar-refractivity contribution in [3.8, 4) is 23.3 Å². The van der Waals surface area contributed by atoms with E-state index in [9.17, 15) is 14.9 Å². The summed E-state index contributed by atoms with van der Waals surface area (Å²) in [4.78, 5) is 33.2. The van der Waals surface area contributed by atoms with E-state index in [4.69, 9.17) is 37.4 Å². The van der Waals surface area contributed by atoms with Gasteiger partial charge < -0.3 is 19.1 Å². The first-order valence-electron chi connectivity index (χ1n) is 12.9. The van der Waals surface area contributed by atoms with Gasteiger partial charge >= 0.3 is 5.97 Å². The van der Waals surface area contributed by atoms with E-state index in [0.717, 1.165) is 15.7 Å². The molecule has 0 atom stereocenters. The lowest BCUT2D eigenvalue weighted by molar-refractivity contribution is 0.0598. The normalized spacial score (nSPS) is 10.1. The second-order valence-corrected chi connectivity index (χ2v) is 9.38. The summed E-state index contributed by atoms with van der Waals surface area (Å²) < 4.78 is 16.6. The molecule has 4 rings (SSSR count).